The Balaban J connectivity index is 2.56. The molecule has 0 aliphatic rings. The second-order valence-corrected chi connectivity index (χ2v) is 4.58. The number of benzene rings is 2. The van der Waals surface area contributed by atoms with Crippen molar-refractivity contribution in [2.45, 2.75) is 13.8 Å². The van der Waals surface area contributed by atoms with Gasteiger partial charge in [0.2, 0.25) is 0 Å². The molecule has 17 heavy (non-hydrogen) atoms. The van der Waals surface area contributed by atoms with E-state index in [0.29, 0.717) is 10.6 Å². The lowest BCUT2D eigenvalue weighted by molar-refractivity contribution is 0.112. The molecule has 0 atom stereocenters. The van der Waals surface area contributed by atoms with Gasteiger partial charge in [-0.25, -0.2) is 0 Å². The molecule has 2 heteroatoms. The summed E-state index contributed by atoms with van der Waals surface area (Å²) in [5.41, 5.74) is 5.09. The average molecular weight is 245 g/mol. The minimum absolute atomic E-state index is 0.600. The molecule has 0 saturated carbocycles. The van der Waals surface area contributed by atoms with Gasteiger partial charge in [-0.05, 0) is 31.0 Å². The van der Waals surface area contributed by atoms with E-state index in [1.807, 2.05) is 6.07 Å². The van der Waals surface area contributed by atoms with Crippen LogP contribution in [0.5, 0.6) is 0 Å². The molecule has 0 heterocycles. The molecule has 0 saturated heterocycles. The number of aryl methyl sites for hydroxylation is 2. The highest BCUT2D eigenvalue weighted by Crippen LogP contribution is 2.31. The van der Waals surface area contributed by atoms with Crippen molar-refractivity contribution in [1.29, 1.82) is 0 Å². The molecule has 0 fully saturated rings. The Labute approximate surface area is 106 Å². The molecule has 86 valence electrons. The normalized spacial score (nSPS) is 10.3. The first-order valence-electron chi connectivity index (χ1n) is 5.44. The van der Waals surface area contributed by atoms with Crippen molar-refractivity contribution in [2.75, 3.05) is 0 Å². The Kier molecular flexibility index (Phi) is 3.30. The number of carbonyl (C=O) groups excluding carboxylic acids is 1. The quantitative estimate of drug-likeness (QED) is 0.714. The fraction of sp³-hybridized carbons (Fsp3) is 0.133. The molecule has 0 radical (unpaired) electrons. The highest BCUT2D eigenvalue weighted by Gasteiger charge is 2.07. The third-order valence-corrected chi connectivity index (χ3v) is 3.11. The molecule has 0 N–H and O–H groups in total. The molecule has 0 aromatic heterocycles. The second-order valence-electron chi connectivity index (χ2n) is 4.18. The summed E-state index contributed by atoms with van der Waals surface area (Å²) in [6.45, 7) is 4.13. The summed E-state index contributed by atoms with van der Waals surface area (Å²) in [6, 6.07) is 11.6. The summed E-state index contributed by atoms with van der Waals surface area (Å²) < 4.78 is 0. The van der Waals surface area contributed by atoms with Crippen LogP contribution in [0.1, 0.15) is 21.5 Å². The van der Waals surface area contributed by atoms with Gasteiger partial charge in [0.1, 0.15) is 6.29 Å². The van der Waals surface area contributed by atoms with Crippen molar-refractivity contribution in [3.05, 3.63) is 58.1 Å². The predicted molar refractivity (Wildman–Crippen MR) is 71.7 cm³/mol. The minimum atomic E-state index is 0.600. The van der Waals surface area contributed by atoms with Crippen LogP contribution >= 0.6 is 11.6 Å². The number of hydrogen-bond donors (Lipinski definition) is 0. The summed E-state index contributed by atoms with van der Waals surface area (Å²) >= 11 is 6.20. The number of halogens is 1. The number of rotatable bonds is 2. The average Bonchev–Trinajstić information content (AvgIpc) is 2.30. The monoisotopic (exact) mass is 244 g/mol. The smallest absolute Gasteiger partial charge is 0.150 e. The lowest BCUT2D eigenvalue weighted by atomic mass is 9.98. The van der Waals surface area contributed by atoms with Gasteiger partial charge in [-0.1, -0.05) is 47.5 Å². The van der Waals surface area contributed by atoms with Crippen LogP contribution in [-0.2, 0) is 0 Å². The van der Waals surface area contributed by atoms with Crippen molar-refractivity contribution in [3.8, 4) is 11.1 Å². The van der Waals surface area contributed by atoms with Crippen LogP contribution in [0.2, 0.25) is 5.02 Å². The van der Waals surface area contributed by atoms with Crippen molar-refractivity contribution < 1.29 is 4.79 Å². The minimum Gasteiger partial charge on any atom is -0.298 e. The van der Waals surface area contributed by atoms with Crippen molar-refractivity contribution in [3.63, 3.8) is 0 Å². The fourth-order valence-electron chi connectivity index (χ4n) is 1.94. The van der Waals surface area contributed by atoms with Crippen LogP contribution in [0, 0.1) is 13.8 Å². The van der Waals surface area contributed by atoms with E-state index in [9.17, 15) is 4.79 Å². The number of carbonyl (C=O) groups is 1. The molecule has 0 amide bonds. The molecule has 1 nitrogen and oxygen atoms in total. The largest absolute Gasteiger partial charge is 0.298 e. The van der Waals surface area contributed by atoms with Crippen LogP contribution in [0.3, 0.4) is 0 Å². The third kappa shape index (κ3) is 2.40. The van der Waals surface area contributed by atoms with E-state index in [0.717, 1.165) is 17.4 Å². The molecule has 2 aromatic carbocycles. The first kappa shape index (κ1) is 11.9. The van der Waals surface area contributed by atoms with Gasteiger partial charge in [-0.2, -0.15) is 0 Å². The van der Waals surface area contributed by atoms with E-state index in [1.54, 1.807) is 12.1 Å². The lowest BCUT2D eigenvalue weighted by Crippen LogP contribution is -1.87. The highest BCUT2D eigenvalue weighted by molar-refractivity contribution is 6.33. The van der Waals surface area contributed by atoms with Crippen molar-refractivity contribution >= 4 is 17.9 Å². The Morgan fingerprint density at radius 2 is 1.71 bits per heavy atom. The van der Waals surface area contributed by atoms with E-state index in [1.165, 1.54) is 11.1 Å². The van der Waals surface area contributed by atoms with Crippen molar-refractivity contribution in [2.24, 2.45) is 0 Å². The molecule has 2 aromatic rings. The van der Waals surface area contributed by atoms with Gasteiger partial charge in [-0.3, -0.25) is 4.79 Å². The maximum Gasteiger partial charge on any atom is 0.150 e. The molecule has 0 unspecified atom stereocenters. The Morgan fingerprint density at radius 1 is 1.00 bits per heavy atom. The van der Waals surface area contributed by atoms with Gasteiger partial charge in [0.15, 0.2) is 0 Å². The second kappa shape index (κ2) is 4.72. The molecular weight excluding hydrogens is 232 g/mol. The maximum absolute atomic E-state index is 10.7. The fourth-order valence-corrected chi connectivity index (χ4v) is 2.23. The van der Waals surface area contributed by atoms with Gasteiger partial charge >= 0.3 is 0 Å². The van der Waals surface area contributed by atoms with E-state index in [-0.39, 0.29) is 0 Å². The summed E-state index contributed by atoms with van der Waals surface area (Å²) in [5.74, 6) is 0. The van der Waals surface area contributed by atoms with E-state index < -0.39 is 0 Å². The maximum atomic E-state index is 10.7. The van der Waals surface area contributed by atoms with Crippen LogP contribution in [0.25, 0.3) is 11.1 Å². The Morgan fingerprint density at radius 3 is 2.29 bits per heavy atom. The zero-order chi connectivity index (χ0) is 12.4. The molecular formula is C15H13ClO. The number of hydrogen-bond acceptors (Lipinski definition) is 1. The standard InChI is InChI=1S/C15H13ClO/c1-10-3-5-13(11(2)7-10)14-6-4-12(9-17)8-15(14)16/h3-9H,1-2H3. The van der Waals surface area contributed by atoms with Crippen molar-refractivity contribution in [1.82, 2.24) is 0 Å². The van der Waals surface area contributed by atoms with Gasteiger partial charge in [0.05, 0.1) is 0 Å². The van der Waals surface area contributed by atoms with E-state index >= 15 is 0 Å². The first-order chi connectivity index (χ1) is 8.11. The van der Waals surface area contributed by atoms with Crippen LogP contribution < -0.4 is 0 Å². The van der Waals surface area contributed by atoms with Gasteiger partial charge < -0.3 is 0 Å². The summed E-state index contributed by atoms with van der Waals surface area (Å²) in [7, 11) is 0. The van der Waals surface area contributed by atoms with Crippen LogP contribution in [-0.4, -0.2) is 6.29 Å². The molecule has 0 aliphatic carbocycles. The summed E-state index contributed by atoms with van der Waals surface area (Å²) in [6.07, 6.45) is 0.803. The number of aldehydes is 1. The SMILES string of the molecule is Cc1ccc(-c2ccc(C=O)cc2Cl)c(C)c1. The zero-order valence-corrected chi connectivity index (χ0v) is 10.6. The topological polar surface area (TPSA) is 17.1 Å². The zero-order valence-electron chi connectivity index (χ0n) is 9.83. The van der Waals surface area contributed by atoms with Gasteiger partial charge in [-0.15, -0.1) is 0 Å². The van der Waals surface area contributed by atoms with E-state index in [4.69, 9.17) is 11.6 Å². The molecule has 2 rings (SSSR count). The molecule has 0 spiro atoms. The van der Waals surface area contributed by atoms with Gasteiger partial charge in [0.25, 0.3) is 0 Å². The Bertz CT molecular complexity index is 573. The molecule has 0 bridgehead atoms. The first-order valence-corrected chi connectivity index (χ1v) is 5.82. The third-order valence-electron chi connectivity index (χ3n) is 2.80. The van der Waals surface area contributed by atoms with Crippen LogP contribution in [0.4, 0.5) is 0 Å². The van der Waals surface area contributed by atoms with Crippen LogP contribution in [0.15, 0.2) is 36.4 Å². The van der Waals surface area contributed by atoms with Gasteiger partial charge in [0, 0.05) is 16.1 Å². The Hall–Kier alpha value is -1.60. The summed E-state index contributed by atoms with van der Waals surface area (Å²) in [5, 5.41) is 0.613. The van der Waals surface area contributed by atoms with E-state index in [2.05, 4.69) is 32.0 Å². The summed E-state index contributed by atoms with van der Waals surface area (Å²) in [4.78, 5) is 10.7. The predicted octanol–water partition coefficient (Wildman–Crippen LogP) is 4.44. The lowest BCUT2D eigenvalue weighted by Gasteiger charge is -2.09. The highest BCUT2D eigenvalue weighted by atomic mass is 35.5. The molecule has 0 aliphatic heterocycles.